The summed E-state index contributed by atoms with van der Waals surface area (Å²) in [4.78, 5) is 27.1. The Bertz CT molecular complexity index is 1120. The van der Waals surface area contributed by atoms with Crippen LogP contribution in [0.1, 0.15) is 0 Å². The van der Waals surface area contributed by atoms with Crippen LogP contribution in [0, 0.1) is 5.82 Å². The minimum absolute atomic E-state index is 0.00171. The molecule has 0 aliphatic carbocycles. The van der Waals surface area contributed by atoms with E-state index in [1.807, 2.05) is 6.08 Å². The molecule has 2 N–H and O–H groups in total. The van der Waals surface area contributed by atoms with E-state index in [1.165, 1.54) is 24.5 Å². The summed E-state index contributed by atoms with van der Waals surface area (Å²) in [5.74, 6) is 0.0596. The lowest BCUT2D eigenvalue weighted by molar-refractivity contribution is -0.111. The van der Waals surface area contributed by atoms with E-state index >= 15 is 0 Å². The number of morpholine rings is 1. The number of nitrogens with one attached hydrogen (secondary N) is 2. The Morgan fingerprint density at radius 2 is 2.06 bits per heavy atom. The molecule has 3 aromatic rings. The van der Waals surface area contributed by atoms with Gasteiger partial charge in [-0.15, -0.1) is 0 Å². The predicted molar refractivity (Wildman–Crippen MR) is 117 cm³/mol. The van der Waals surface area contributed by atoms with Gasteiger partial charge in [-0.1, -0.05) is 17.7 Å². The number of carbonyl (C=O) groups is 1. The van der Waals surface area contributed by atoms with Crippen molar-refractivity contribution < 1.29 is 13.9 Å². The molecule has 1 saturated heterocycles. The van der Waals surface area contributed by atoms with Crippen molar-refractivity contribution in [3.05, 3.63) is 59.8 Å². The van der Waals surface area contributed by atoms with Crippen LogP contribution in [0.25, 0.3) is 10.9 Å². The summed E-state index contributed by atoms with van der Waals surface area (Å²) in [6.07, 6.45) is 6.25. The molecule has 1 aromatic carbocycles. The Labute approximate surface area is 183 Å². The molecule has 4 rings (SSSR count). The van der Waals surface area contributed by atoms with Gasteiger partial charge in [-0.25, -0.2) is 19.3 Å². The molecule has 0 spiro atoms. The van der Waals surface area contributed by atoms with Gasteiger partial charge in [0.1, 0.15) is 23.8 Å². The van der Waals surface area contributed by atoms with E-state index < -0.39 is 5.82 Å². The number of carbonyl (C=O) groups excluding carboxylic acids is 1. The molecule has 2 aromatic heterocycles. The number of amides is 1. The summed E-state index contributed by atoms with van der Waals surface area (Å²) in [6, 6.07) is 5.97. The van der Waals surface area contributed by atoms with Gasteiger partial charge in [0.15, 0.2) is 0 Å². The zero-order valence-electron chi connectivity index (χ0n) is 16.5. The maximum absolute atomic E-state index is 13.4. The average Bonchev–Trinajstić information content (AvgIpc) is 2.77. The normalized spacial score (nSPS) is 14.8. The van der Waals surface area contributed by atoms with Gasteiger partial charge < -0.3 is 15.4 Å². The minimum Gasteiger partial charge on any atom is -0.379 e. The molecule has 0 unspecified atom stereocenters. The van der Waals surface area contributed by atoms with Crippen molar-refractivity contribution in [1.82, 2.24) is 19.9 Å². The van der Waals surface area contributed by atoms with Gasteiger partial charge in [0.2, 0.25) is 5.91 Å². The van der Waals surface area contributed by atoms with Gasteiger partial charge in [0.05, 0.1) is 29.9 Å². The lowest BCUT2D eigenvalue weighted by Crippen LogP contribution is -2.36. The summed E-state index contributed by atoms with van der Waals surface area (Å²) in [5.41, 5.74) is 1.16. The van der Waals surface area contributed by atoms with Crippen molar-refractivity contribution in [2.45, 2.75) is 0 Å². The quantitative estimate of drug-likeness (QED) is 0.565. The summed E-state index contributed by atoms with van der Waals surface area (Å²) in [7, 11) is 0. The van der Waals surface area contributed by atoms with Crippen molar-refractivity contribution in [3.63, 3.8) is 0 Å². The molecule has 1 aliphatic heterocycles. The maximum Gasteiger partial charge on any atom is 0.249 e. The first kappa shape index (κ1) is 21.1. The third-order valence-electron chi connectivity index (χ3n) is 4.69. The SMILES string of the molecule is O=C(C=CCN1CCOCC1)Nc1cc2c(Nc3ccc(F)c(Cl)c3)ncnc2cn1. The Morgan fingerprint density at radius 1 is 1.23 bits per heavy atom. The number of hydrogen-bond acceptors (Lipinski definition) is 7. The van der Waals surface area contributed by atoms with Gasteiger partial charge in [0.25, 0.3) is 0 Å². The van der Waals surface area contributed by atoms with Crippen molar-refractivity contribution in [2.75, 3.05) is 43.5 Å². The van der Waals surface area contributed by atoms with Gasteiger partial charge in [-0.3, -0.25) is 9.69 Å². The molecule has 160 valence electrons. The predicted octanol–water partition coefficient (Wildman–Crippen LogP) is 3.39. The smallest absolute Gasteiger partial charge is 0.249 e. The van der Waals surface area contributed by atoms with Crippen LogP contribution in [0.15, 0.2) is 48.9 Å². The van der Waals surface area contributed by atoms with Crippen LogP contribution in [0.5, 0.6) is 0 Å². The van der Waals surface area contributed by atoms with Gasteiger partial charge in [0, 0.05) is 36.8 Å². The summed E-state index contributed by atoms with van der Waals surface area (Å²) in [5, 5.41) is 6.48. The number of hydrogen-bond donors (Lipinski definition) is 2. The molecule has 0 saturated carbocycles. The van der Waals surface area contributed by atoms with Gasteiger partial charge in [-0.2, -0.15) is 0 Å². The third kappa shape index (κ3) is 5.52. The number of benzene rings is 1. The Hall–Kier alpha value is -3.14. The second kappa shape index (κ2) is 9.78. The van der Waals surface area contributed by atoms with Crippen LogP contribution in [0.3, 0.4) is 0 Å². The Kier molecular flexibility index (Phi) is 6.66. The molecule has 31 heavy (non-hydrogen) atoms. The number of nitrogens with zero attached hydrogens (tertiary/aromatic N) is 4. The molecular weight excluding hydrogens is 423 g/mol. The van der Waals surface area contributed by atoms with Crippen molar-refractivity contribution in [3.8, 4) is 0 Å². The van der Waals surface area contributed by atoms with Crippen molar-refractivity contribution >= 4 is 45.7 Å². The minimum atomic E-state index is -0.504. The first-order chi connectivity index (χ1) is 15.1. The largest absolute Gasteiger partial charge is 0.379 e. The highest BCUT2D eigenvalue weighted by molar-refractivity contribution is 6.31. The zero-order chi connectivity index (χ0) is 21.6. The first-order valence-electron chi connectivity index (χ1n) is 9.69. The van der Waals surface area contributed by atoms with Crippen molar-refractivity contribution in [2.24, 2.45) is 0 Å². The van der Waals surface area contributed by atoms with Crippen LogP contribution in [0.4, 0.5) is 21.7 Å². The second-order valence-corrected chi connectivity index (χ2v) is 7.27. The topological polar surface area (TPSA) is 92.3 Å². The molecule has 8 nitrogen and oxygen atoms in total. The second-order valence-electron chi connectivity index (χ2n) is 6.87. The van der Waals surface area contributed by atoms with Crippen LogP contribution >= 0.6 is 11.6 Å². The molecule has 10 heteroatoms. The lowest BCUT2D eigenvalue weighted by atomic mass is 10.2. The Morgan fingerprint density at radius 3 is 2.87 bits per heavy atom. The van der Waals surface area contributed by atoms with Gasteiger partial charge >= 0.3 is 0 Å². The van der Waals surface area contributed by atoms with E-state index in [4.69, 9.17) is 16.3 Å². The van der Waals surface area contributed by atoms with Crippen LogP contribution < -0.4 is 10.6 Å². The van der Waals surface area contributed by atoms with E-state index in [2.05, 4.69) is 30.5 Å². The monoisotopic (exact) mass is 442 g/mol. The van der Waals surface area contributed by atoms with Crippen LogP contribution in [-0.4, -0.2) is 58.6 Å². The highest BCUT2D eigenvalue weighted by Gasteiger charge is 2.10. The molecule has 1 fully saturated rings. The Balaban J connectivity index is 1.47. The van der Waals surface area contributed by atoms with E-state index in [0.717, 1.165) is 13.1 Å². The summed E-state index contributed by atoms with van der Waals surface area (Å²) < 4.78 is 18.7. The van der Waals surface area contributed by atoms with E-state index in [0.29, 0.717) is 48.0 Å². The number of pyridine rings is 1. The molecule has 1 aliphatic rings. The average molecular weight is 443 g/mol. The van der Waals surface area contributed by atoms with E-state index in [-0.39, 0.29) is 10.9 Å². The summed E-state index contributed by atoms with van der Waals surface area (Å²) >= 11 is 5.85. The number of fused-ring (bicyclic) bond motifs is 1. The third-order valence-corrected chi connectivity index (χ3v) is 4.98. The lowest BCUT2D eigenvalue weighted by Gasteiger charge is -2.24. The molecule has 0 atom stereocenters. The number of ether oxygens (including phenoxy) is 1. The number of aromatic nitrogens is 3. The number of anilines is 3. The molecule has 0 bridgehead atoms. The zero-order valence-corrected chi connectivity index (χ0v) is 17.3. The standard InChI is InChI=1S/C21H20ClFN6O2/c22-16-10-14(3-4-17(16)23)27-21-15-11-19(24-12-18(15)25-13-26-21)28-20(30)2-1-5-29-6-8-31-9-7-29/h1-4,10-13H,5-9H2,(H,24,28,30)(H,25,26,27). The molecule has 0 radical (unpaired) electrons. The van der Waals surface area contributed by atoms with Crippen molar-refractivity contribution in [1.29, 1.82) is 0 Å². The highest BCUT2D eigenvalue weighted by Crippen LogP contribution is 2.26. The van der Waals surface area contributed by atoms with E-state index in [9.17, 15) is 9.18 Å². The number of rotatable bonds is 6. The fraction of sp³-hybridized carbons (Fsp3) is 0.238. The van der Waals surface area contributed by atoms with Gasteiger partial charge in [-0.05, 0) is 24.3 Å². The summed E-state index contributed by atoms with van der Waals surface area (Å²) in [6.45, 7) is 3.82. The first-order valence-corrected chi connectivity index (χ1v) is 10.1. The molecule has 3 heterocycles. The van der Waals surface area contributed by atoms with Crippen LogP contribution in [0.2, 0.25) is 5.02 Å². The number of halogens is 2. The fourth-order valence-corrected chi connectivity index (χ4v) is 3.28. The molecule has 1 amide bonds. The van der Waals surface area contributed by atoms with Crippen LogP contribution in [-0.2, 0) is 9.53 Å². The molecular formula is C21H20ClFN6O2. The maximum atomic E-state index is 13.4. The highest BCUT2D eigenvalue weighted by atomic mass is 35.5. The van der Waals surface area contributed by atoms with E-state index in [1.54, 1.807) is 18.3 Å². The fourth-order valence-electron chi connectivity index (χ4n) is 3.10.